The molecular formula is C29H40N2O2. The Morgan fingerprint density at radius 1 is 1.15 bits per heavy atom. The fourth-order valence-electron chi connectivity index (χ4n) is 6.42. The normalized spacial score (nSPS) is 23.9. The number of rotatable bonds is 8. The van der Waals surface area contributed by atoms with E-state index in [1.165, 1.54) is 48.9 Å². The van der Waals surface area contributed by atoms with E-state index in [1.54, 1.807) is 7.11 Å². The minimum atomic E-state index is 0.104. The third-order valence-electron chi connectivity index (χ3n) is 8.29. The SMILES string of the molecule is CCCCC(=O)Nc1ccc(N(C)[C@H]2Cc3ccc(OC)cc3[C@]3(CC)CCCC[C@H]23)cc1. The molecule has 0 saturated heterocycles. The number of nitrogens with zero attached hydrogens (tertiary/aromatic N) is 1. The van der Waals surface area contributed by atoms with Gasteiger partial charge in [0, 0.05) is 36.3 Å². The van der Waals surface area contributed by atoms with Crippen molar-refractivity contribution in [3.63, 3.8) is 0 Å². The average Bonchev–Trinajstić information content (AvgIpc) is 2.86. The van der Waals surface area contributed by atoms with Gasteiger partial charge in [-0.3, -0.25) is 4.79 Å². The first-order valence-electron chi connectivity index (χ1n) is 12.8. The quantitative estimate of drug-likeness (QED) is 0.487. The molecule has 1 N–H and O–H groups in total. The standard InChI is InChI=1S/C29H40N2O2/c1-5-7-11-28(32)30-22-13-15-23(16-14-22)31(3)27-19-21-12-17-24(33-4)20-26(21)29(6-2)18-9-8-10-25(27)29/h12-17,20,25,27H,5-11,18-19H2,1-4H3,(H,30,32)/t25-,27+,29-/m1/s1. The highest BCUT2D eigenvalue weighted by Gasteiger charge is 2.49. The van der Waals surface area contributed by atoms with Gasteiger partial charge in [-0.25, -0.2) is 0 Å². The van der Waals surface area contributed by atoms with Crippen molar-refractivity contribution in [3.8, 4) is 5.75 Å². The van der Waals surface area contributed by atoms with Crippen LogP contribution in [0.25, 0.3) is 0 Å². The van der Waals surface area contributed by atoms with Gasteiger partial charge in [0.25, 0.3) is 0 Å². The number of likely N-dealkylation sites (N-methyl/N-ethyl adjacent to an activating group) is 1. The maximum absolute atomic E-state index is 12.1. The molecule has 2 aliphatic rings. The molecule has 2 aromatic rings. The fraction of sp³-hybridized carbons (Fsp3) is 0.552. The second-order valence-electron chi connectivity index (χ2n) is 9.97. The van der Waals surface area contributed by atoms with Crippen molar-refractivity contribution in [1.82, 2.24) is 0 Å². The van der Waals surface area contributed by atoms with Crippen molar-refractivity contribution < 1.29 is 9.53 Å². The predicted octanol–water partition coefficient (Wildman–Crippen LogP) is 6.72. The number of amides is 1. The Bertz CT molecular complexity index is 955. The number of unbranched alkanes of at least 4 members (excludes halogenated alkanes) is 1. The molecule has 4 heteroatoms. The van der Waals surface area contributed by atoms with Gasteiger partial charge in [-0.1, -0.05) is 39.2 Å². The molecule has 0 aromatic heterocycles. The van der Waals surface area contributed by atoms with Gasteiger partial charge >= 0.3 is 0 Å². The monoisotopic (exact) mass is 448 g/mol. The van der Waals surface area contributed by atoms with Crippen LogP contribution < -0.4 is 15.0 Å². The Morgan fingerprint density at radius 2 is 1.94 bits per heavy atom. The lowest BCUT2D eigenvalue weighted by Crippen LogP contribution is -2.54. The molecule has 0 heterocycles. The van der Waals surface area contributed by atoms with Gasteiger partial charge in [-0.15, -0.1) is 0 Å². The number of hydrogen-bond acceptors (Lipinski definition) is 3. The maximum atomic E-state index is 12.1. The van der Waals surface area contributed by atoms with Crippen molar-refractivity contribution in [1.29, 1.82) is 0 Å². The summed E-state index contributed by atoms with van der Waals surface area (Å²) in [6.45, 7) is 4.48. The summed E-state index contributed by atoms with van der Waals surface area (Å²) < 4.78 is 5.61. The van der Waals surface area contributed by atoms with E-state index in [9.17, 15) is 4.79 Å². The fourth-order valence-corrected chi connectivity index (χ4v) is 6.42. The summed E-state index contributed by atoms with van der Waals surface area (Å²) >= 11 is 0. The molecule has 1 fully saturated rings. The van der Waals surface area contributed by atoms with Gasteiger partial charge in [0.1, 0.15) is 5.75 Å². The first-order valence-corrected chi connectivity index (χ1v) is 12.8. The van der Waals surface area contributed by atoms with Crippen LogP contribution in [-0.2, 0) is 16.6 Å². The summed E-state index contributed by atoms with van der Waals surface area (Å²) in [5.41, 5.74) is 5.34. The lowest BCUT2D eigenvalue weighted by Gasteiger charge is -2.54. The smallest absolute Gasteiger partial charge is 0.224 e. The van der Waals surface area contributed by atoms with Crippen LogP contribution in [0, 0.1) is 5.92 Å². The van der Waals surface area contributed by atoms with Gasteiger partial charge in [0.15, 0.2) is 0 Å². The Kier molecular flexibility index (Phi) is 7.31. The van der Waals surface area contributed by atoms with E-state index in [0.29, 0.717) is 18.4 Å². The summed E-state index contributed by atoms with van der Waals surface area (Å²) in [7, 11) is 4.02. The lowest BCUT2D eigenvalue weighted by molar-refractivity contribution is -0.116. The molecule has 0 aliphatic heterocycles. The molecule has 2 aromatic carbocycles. The number of carbonyl (C=O) groups is 1. The first kappa shape index (κ1) is 23.7. The molecule has 33 heavy (non-hydrogen) atoms. The molecular weight excluding hydrogens is 408 g/mol. The number of hydrogen-bond donors (Lipinski definition) is 1. The van der Waals surface area contributed by atoms with Crippen molar-refractivity contribution in [2.45, 2.75) is 83.1 Å². The van der Waals surface area contributed by atoms with Gasteiger partial charge in [0.05, 0.1) is 7.11 Å². The topological polar surface area (TPSA) is 41.6 Å². The van der Waals surface area contributed by atoms with E-state index in [4.69, 9.17) is 4.74 Å². The van der Waals surface area contributed by atoms with Crippen molar-refractivity contribution in [2.24, 2.45) is 5.92 Å². The van der Waals surface area contributed by atoms with Gasteiger partial charge < -0.3 is 15.0 Å². The molecule has 0 spiro atoms. The van der Waals surface area contributed by atoms with E-state index in [1.807, 2.05) is 12.1 Å². The van der Waals surface area contributed by atoms with Crippen LogP contribution in [0.4, 0.5) is 11.4 Å². The first-order chi connectivity index (χ1) is 16.0. The number of ether oxygens (including phenoxy) is 1. The molecule has 0 bridgehead atoms. The lowest BCUT2D eigenvalue weighted by atomic mass is 9.54. The van der Waals surface area contributed by atoms with Crippen LogP contribution in [0.1, 0.15) is 76.3 Å². The number of fused-ring (bicyclic) bond motifs is 3. The van der Waals surface area contributed by atoms with E-state index < -0.39 is 0 Å². The number of methoxy groups -OCH3 is 1. The van der Waals surface area contributed by atoms with Gasteiger partial charge in [-0.2, -0.15) is 0 Å². The molecule has 4 nitrogen and oxygen atoms in total. The largest absolute Gasteiger partial charge is 0.497 e. The molecule has 1 amide bonds. The van der Waals surface area contributed by atoms with Crippen LogP contribution in [0.15, 0.2) is 42.5 Å². The number of carbonyl (C=O) groups excluding carboxylic acids is 1. The number of nitrogens with one attached hydrogen (secondary N) is 1. The zero-order valence-electron chi connectivity index (χ0n) is 20.8. The zero-order valence-corrected chi connectivity index (χ0v) is 20.8. The van der Waals surface area contributed by atoms with Crippen LogP contribution in [-0.4, -0.2) is 26.1 Å². The summed E-state index contributed by atoms with van der Waals surface area (Å²) in [6.07, 6.45) is 9.97. The summed E-state index contributed by atoms with van der Waals surface area (Å²) in [4.78, 5) is 14.6. The van der Waals surface area contributed by atoms with E-state index in [-0.39, 0.29) is 11.3 Å². The summed E-state index contributed by atoms with van der Waals surface area (Å²) in [5, 5.41) is 3.04. The summed E-state index contributed by atoms with van der Waals surface area (Å²) in [6, 6.07) is 15.6. The van der Waals surface area contributed by atoms with E-state index >= 15 is 0 Å². The summed E-state index contributed by atoms with van der Waals surface area (Å²) in [5.74, 6) is 1.72. The third-order valence-corrected chi connectivity index (χ3v) is 8.29. The van der Waals surface area contributed by atoms with Gasteiger partial charge in [0.2, 0.25) is 5.91 Å². The predicted molar refractivity (Wildman–Crippen MR) is 137 cm³/mol. The zero-order chi connectivity index (χ0) is 23.4. The maximum Gasteiger partial charge on any atom is 0.224 e. The molecule has 1 saturated carbocycles. The Labute approximate surface area is 199 Å². The average molecular weight is 449 g/mol. The van der Waals surface area contributed by atoms with Crippen molar-refractivity contribution in [3.05, 3.63) is 53.6 Å². The number of benzene rings is 2. The Hall–Kier alpha value is -2.49. The highest BCUT2D eigenvalue weighted by molar-refractivity contribution is 5.90. The van der Waals surface area contributed by atoms with Crippen molar-refractivity contribution in [2.75, 3.05) is 24.4 Å². The highest BCUT2D eigenvalue weighted by atomic mass is 16.5. The molecule has 0 radical (unpaired) electrons. The highest BCUT2D eigenvalue weighted by Crippen LogP contribution is 2.54. The second kappa shape index (κ2) is 10.2. The van der Waals surface area contributed by atoms with E-state index in [2.05, 4.69) is 61.4 Å². The van der Waals surface area contributed by atoms with E-state index in [0.717, 1.165) is 30.7 Å². The van der Waals surface area contributed by atoms with Gasteiger partial charge in [-0.05, 0) is 85.5 Å². The molecule has 178 valence electrons. The molecule has 3 atom stereocenters. The third kappa shape index (κ3) is 4.62. The van der Waals surface area contributed by atoms with Crippen LogP contribution >= 0.6 is 0 Å². The molecule has 0 unspecified atom stereocenters. The molecule has 4 rings (SSSR count). The minimum Gasteiger partial charge on any atom is -0.497 e. The van der Waals surface area contributed by atoms with Crippen LogP contribution in [0.3, 0.4) is 0 Å². The Morgan fingerprint density at radius 3 is 2.64 bits per heavy atom. The van der Waals surface area contributed by atoms with Crippen LogP contribution in [0.5, 0.6) is 5.75 Å². The number of anilines is 2. The Balaban J connectivity index is 1.59. The molecule has 2 aliphatic carbocycles. The van der Waals surface area contributed by atoms with Crippen molar-refractivity contribution >= 4 is 17.3 Å². The van der Waals surface area contributed by atoms with Crippen LogP contribution in [0.2, 0.25) is 0 Å². The minimum absolute atomic E-state index is 0.104. The second-order valence-corrected chi connectivity index (χ2v) is 9.97.